The predicted octanol–water partition coefficient (Wildman–Crippen LogP) is 1.39. The molecule has 2 atom stereocenters. The van der Waals surface area contributed by atoms with Gasteiger partial charge in [-0.2, -0.15) is 5.10 Å². The lowest BCUT2D eigenvalue weighted by molar-refractivity contribution is -0.181. The number of carbonyl (C=O) groups excluding carboxylic acids is 2. The van der Waals surface area contributed by atoms with E-state index in [1.165, 1.54) is 0 Å². The molecule has 138 valence electrons. The number of β-lactam (4-membered cyclic amide) rings is 1. The van der Waals surface area contributed by atoms with Gasteiger partial charge in [0.2, 0.25) is 0 Å². The smallest absolute Gasteiger partial charge is 0.257 e. The van der Waals surface area contributed by atoms with E-state index in [1.807, 2.05) is 30.6 Å². The van der Waals surface area contributed by atoms with Crippen LogP contribution < -0.4 is 0 Å². The van der Waals surface area contributed by atoms with Crippen LogP contribution in [-0.4, -0.2) is 69.8 Å². The second kappa shape index (κ2) is 7.15. The lowest BCUT2D eigenvalue weighted by atomic mass is 9.79. The highest BCUT2D eigenvalue weighted by molar-refractivity contribution is 5.93. The van der Waals surface area contributed by atoms with Crippen molar-refractivity contribution in [3.8, 4) is 0 Å². The van der Waals surface area contributed by atoms with E-state index in [4.69, 9.17) is 4.74 Å². The van der Waals surface area contributed by atoms with Gasteiger partial charge < -0.3 is 14.5 Å². The number of amides is 2. The zero-order chi connectivity index (χ0) is 18.1. The normalized spacial score (nSPS) is 24.8. The van der Waals surface area contributed by atoms with E-state index in [2.05, 4.69) is 5.10 Å². The first-order valence-electron chi connectivity index (χ1n) is 9.14. The van der Waals surface area contributed by atoms with Crippen molar-refractivity contribution in [1.82, 2.24) is 19.6 Å². The molecule has 0 bridgehead atoms. The summed E-state index contributed by atoms with van der Waals surface area (Å²) in [4.78, 5) is 28.7. The third-order valence-corrected chi connectivity index (χ3v) is 5.45. The molecule has 7 heteroatoms. The van der Waals surface area contributed by atoms with E-state index in [0.717, 1.165) is 19.4 Å². The molecule has 1 aromatic rings. The standard InChI is InChI=1S/C18H28N4O3/c1-5-21-11-14(10-19-21)17(23)20-8-6-13(7-9-20)15-16(25-4)18(24)22(15)12(2)3/h10-13,15-16H,5-9H2,1-4H3/t15-,16+/m0/s1. The molecular weight excluding hydrogens is 320 g/mol. The Kier molecular flexibility index (Phi) is 5.13. The molecule has 0 radical (unpaired) electrons. The van der Waals surface area contributed by atoms with Gasteiger partial charge >= 0.3 is 0 Å². The molecule has 3 heterocycles. The Hall–Kier alpha value is -1.89. The largest absolute Gasteiger partial charge is 0.369 e. The number of nitrogens with zero attached hydrogens (tertiary/aromatic N) is 4. The Balaban J connectivity index is 1.61. The van der Waals surface area contributed by atoms with Crippen molar-refractivity contribution >= 4 is 11.8 Å². The minimum Gasteiger partial charge on any atom is -0.369 e. The molecule has 2 saturated heterocycles. The van der Waals surface area contributed by atoms with Gasteiger partial charge in [-0.25, -0.2) is 0 Å². The molecule has 25 heavy (non-hydrogen) atoms. The summed E-state index contributed by atoms with van der Waals surface area (Å²) in [5, 5.41) is 4.18. The van der Waals surface area contributed by atoms with Crippen LogP contribution in [0.25, 0.3) is 0 Å². The van der Waals surface area contributed by atoms with Gasteiger partial charge in [0.15, 0.2) is 6.10 Å². The maximum atomic E-state index is 12.6. The second-order valence-electron chi connectivity index (χ2n) is 7.20. The van der Waals surface area contributed by atoms with Crippen LogP contribution >= 0.6 is 0 Å². The van der Waals surface area contributed by atoms with Gasteiger partial charge in [0.1, 0.15) is 0 Å². The molecule has 3 rings (SSSR count). The quantitative estimate of drug-likeness (QED) is 0.754. The number of carbonyl (C=O) groups is 2. The average Bonchev–Trinajstić information content (AvgIpc) is 3.08. The van der Waals surface area contributed by atoms with Crippen LogP contribution in [0.2, 0.25) is 0 Å². The molecular formula is C18H28N4O3. The highest BCUT2D eigenvalue weighted by Crippen LogP contribution is 2.36. The monoisotopic (exact) mass is 348 g/mol. The highest BCUT2D eigenvalue weighted by atomic mass is 16.5. The minimum atomic E-state index is -0.322. The fraction of sp³-hybridized carbons (Fsp3) is 0.722. The number of likely N-dealkylation sites (tertiary alicyclic amines) is 2. The Morgan fingerprint density at radius 1 is 1.36 bits per heavy atom. The summed E-state index contributed by atoms with van der Waals surface area (Å²) in [6, 6.07) is 0.320. The van der Waals surface area contributed by atoms with Crippen LogP contribution in [0.4, 0.5) is 0 Å². The molecule has 0 spiro atoms. The molecule has 0 N–H and O–H groups in total. The number of hydrogen-bond donors (Lipinski definition) is 0. The summed E-state index contributed by atoms with van der Waals surface area (Å²) in [7, 11) is 1.61. The van der Waals surface area contributed by atoms with Crippen molar-refractivity contribution in [2.24, 2.45) is 5.92 Å². The molecule has 0 aromatic carbocycles. The van der Waals surface area contributed by atoms with Gasteiger partial charge in [-0.15, -0.1) is 0 Å². The SMILES string of the molecule is CCn1cc(C(=O)N2CCC([C@H]3[C@@H](OC)C(=O)N3C(C)C)CC2)cn1. The van der Waals surface area contributed by atoms with Crippen LogP contribution in [0.3, 0.4) is 0 Å². The number of methoxy groups -OCH3 is 1. The Bertz CT molecular complexity index is 634. The van der Waals surface area contributed by atoms with Gasteiger partial charge in [0.05, 0.1) is 17.8 Å². The highest BCUT2D eigenvalue weighted by Gasteiger charge is 2.52. The van der Waals surface area contributed by atoms with E-state index in [0.29, 0.717) is 24.6 Å². The molecule has 2 fully saturated rings. The van der Waals surface area contributed by atoms with Crippen molar-refractivity contribution in [2.45, 2.75) is 58.3 Å². The van der Waals surface area contributed by atoms with Crippen LogP contribution in [0.1, 0.15) is 44.0 Å². The average molecular weight is 348 g/mol. The number of hydrogen-bond acceptors (Lipinski definition) is 4. The lowest BCUT2D eigenvalue weighted by Gasteiger charge is -2.53. The van der Waals surface area contributed by atoms with Crippen molar-refractivity contribution in [3.63, 3.8) is 0 Å². The topological polar surface area (TPSA) is 67.7 Å². The molecule has 2 aliphatic heterocycles. The van der Waals surface area contributed by atoms with E-state index in [9.17, 15) is 9.59 Å². The maximum Gasteiger partial charge on any atom is 0.257 e. The molecule has 0 aliphatic carbocycles. The van der Waals surface area contributed by atoms with Crippen LogP contribution in [-0.2, 0) is 16.1 Å². The molecule has 0 unspecified atom stereocenters. The van der Waals surface area contributed by atoms with Crippen molar-refractivity contribution in [1.29, 1.82) is 0 Å². The van der Waals surface area contributed by atoms with Gasteiger partial charge in [-0.1, -0.05) is 0 Å². The Morgan fingerprint density at radius 3 is 2.56 bits per heavy atom. The number of aromatic nitrogens is 2. The van der Waals surface area contributed by atoms with Crippen LogP contribution in [0, 0.1) is 5.92 Å². The lowest BCUT2D eigenvalue weighted by Crippen LogP contribution is -2.70. The van der Waals surface area contributed by atoms with Gasteiger partial charge in [-0.05, 0) is 39.5 Å². The molecule has 2 amide bonds. The molecule has 0 saturated carbocycles. The van der Waals surface area contributed by atoms with E-state index >= 15 is 0 Å². The predicted molar refractivity (Wildman–Crippen MR) is 93.1 cm³/mol. The zero-order valence-electron chi connectivity index (χ0n) is 15.5. The van der Waals surface area contributed by atoms with E-state index in [1.54, 1.807) is 24.2 Å². The fourth-order valence-electron chi connectivity index (χ4n) is 4.09. The third-order valence-electron chi connectivity index (χ3n) is 5.45. The third kappa shape index (κ3) is 3.17. The summed E-state index contributed by atoms with van der Waals surface area (Å²) in [5.41, 5.74) is 0.651. The van der Waals surface area contributed by atoms with Gasteiger partial charge in [0.25, 0.3) is 11.8 Å². The Labute approximate surface area is 148 Å². The minimum absolute atomic E-state index is 0.0480. The molecule has 7 nitrogen and oxygen atoms in total. The van der Waals surface area contributed by atoms with Crippen LogP contribution in [0.15, 0.2) is 12.4 Å². The summed E-state index contributed by atoms with van der Waals surface area (Å²) >= 11 is 0. The summed E-state index contributed by atoms with van der Waals surface area (Å²) in [5.74, 6) is 0.521. The molecule has 1 aromatic heterocycles. The van der Waals surface area contributed by atoms with Crippen molar-refractivity contribution < 1.29 is 14.3 Å². The maximum absolute atomic E-state index is 12.6. The number of ether oxygens (including phenoxy) is 1. The second-order valence-corrected chi connectivity index (χ2v) is 7.20. The van der Waals surface area contributed by atoms with Crippen molar-refractivity contribution in [2.75, 3.05) is 20.2 Å². The summed E-state index contributed by atoms with van der Waals surface area (Å²) in [6.45, 7) is 8.28. The molecule has 2 aliphatic rings. The first-order valence-corrected chi connectivity index (χ1v) is 9.14. The van der Waals surface area contributed by atoms with Gasteiger partial charge in [0, 0.05) is 39.0 Å². The first-order chi connectivity index (χ1) is 12.0. The summed E-state index contributed by atoms with van der Waals surface area (Å²) in [6.07, 6.45) is 4.92. The van der Waals surface area contributed by atoms with Crippen LogP contribution in [0.5, 0.6) is 0 Å². The fourth-order valence-corrected chi connectivity index (χ4v) is 4.09. The first kappa shape index (κ1) is 17.9. The zero-order valence-corrected chi connectivity index (χ0v) is 15.5. The number of aryl methyl sites for hydroxylation is 1. The number of piperidine rings is 1. The van der Waals surface area contributed by atoms with Gasteiger partial charge in [-0.3, -0.25) is 14.3 Å². The Morgan fingerprint density at radius 2 is 2.04 bits per heavy atom. The van der Waals surface area contributed by atoms with E-state index < -0.39 is 0 Å². The summed E-state index contributed by atoms with van der Waals surface area (Å²) < 4.78 is 7.19. The van der Waals surface area contributed by atoms with Crippen molar-refractivity contribution in [3.05, 3.63) is 18.0 Å². The van der Waals surface area contributed by atoms with E-state index in [-0.39, 0.29) is 30.0 Å². The number of rotatable bonds is 5.